The second-order valence-electron chi connectivity index (χ2n) is 6.58. The van der Waals surface area contributed by atoms with Gasteiger partial charge in [0.25, 0.3) is 0 Å². The number of halogens is 2. The average Bonchev–Trinajstić information content (AvgIpc) is 3.37. The summed E-state index contributed by atoms with van der Waals surface area (Å²) in [5.74, 6) is -0.524. The molecule has 0 spiro atoms. The van der Waals surface area contributed by atoms with Gasteiger partial charge in [0.2, 0.25) is 0 Å². The molecule has 0 amide bonds. The highest BCUT2D eigenvalue weighted by molar-refractivity contribution is 9.10. The molecule has 2 atom stereocenters. The average molecular weight is 475 g/mol. The Morgan fingerprint density at radius 1 is 1.52 bits per heavy atom. The number of ether oxygens (including phenoxy) is 1. The monoisotopic (exact) mass is 474 g/mol. The highest BCUT2D eigenvalue weighted by Crippen LogP contribution is 2.43. The fourth-order valence-corrected chi connectivity index (χ4v) is 4.81. The van der Waals surface area contributed by atoms with E-state index in [4.69, 9.17) is 9.73 Å². The van der Waals surface area contributed by atoms with Gasteiger partial charge in [0.05, 0.1) is 24.2 Å². The number of carbonyl (C=O) groups is 1. The van der Waals surface area contributed by atoms with Gasteiger partial charge < -0.3 is 9.64 Å². The molecule has 6 nitrogen and oxygen atoms in total. The number of aliphatic imine (C=N–C) groups is 1. The van der Waals surface area contributed by atoms with Gasteiger partial charge in [-0.3, -0.25) is 4.99 Å². The molecule has 0 saturated carbocycles. The molecule has 2 aliphatic rings. The summed E-state index contributed by atoms with van der Waals surface area (Å²) in [6.07, 6.45) is 2.11. The molecule has 148 valence electrons. The van der Waals surface area contributed by atoms with E-state index in [0.717, 1.165) is 5.70 Å². The number of amidine groups is 1. The van der Waals surface area contributed by atoms with Crippen LogP contribution in [0.25, 0.3) is 0 Å². The van der Waals surface area contributed by atoms with Crippen molar-refractivity contribution in [3.8, 4) is 6.07 Å². The Labute approximate surface area is 179 Å². The topological polar surface area (TPSA) is 78.6 Å². The zero-order valence-corrected chi connectivity index (χ0v) is 17.8. The van der Waals surface area contributed by atoms with E-state index in [1.54, 1.807) is 19.2 Å². The van der Waals surface area contributed by atoms with Gasteiger partial charge in [-0.05, 0) is 24.6 Å². The number of esters is 1. The van der Waals surface area contributed by atoms with E-state index in [1.165, 1.54) is 23.5 Å². The Balaban J connectivity index is 1.92. The number of hydrogen-bond acceptors (Lipinski definition) is 7. The Morgan fingerprint density at radius 3 is 3.00 bits per heavy atom. The largest absolute Gasteiger partial charge is 0.463 e. The standard InChI is InChI=1S/C20H16BrFN4O2S/c1-2-28-20(27)16-15-7-11(9-23)10-26(15)18(19-24-5-6-29-19)25-17(16)13-4-3-12(22)8-14(13)21/h3-6,8,11,17H,2,7,10H2,1H3/t11-,17?/m0/s1. The number of allylic oxidation sites excluding steroid dienone is 1. The number of rotatable bonds is 4. The first-order valence-electron chi connectivity index (χ1n) is 9.03. The van der Waals surface area contributed by atoms with Gasteiger partial charge in [-0.2, -0.15) is 5.26 Å². The van der Waals surface area contributed by atoms with Gasteiger partial charge in [0.15, 0.2) is 10.8 Å². The molecule has 1 aromatic heterocycles. The smallest absolute Gasteiger partial charge is 0.338 e. The molecule has 3 heterocycles. The van der Waals surface area contributed by atoms with E-state index in [9.17, 15) is 14.4 Å². The lowest BCUT2D eigenvalue weighted by Gasteiger charge is -2.31. The minimum atomic E-state index is -0.688. The molecule has 9 heteroatoms. The van der Waals surface area contributed by atoms with Crippen LogP contribution in [0, 0.1) is 23.1 Å². The fourth-order valence-electron chi connectivity index (χ4n) is 3.60. The van der Waals surface area contributed by atoms with Crippen molar-refractivity contribution in [1.82, 2.24) is 9.88 Å². The third kappa shape index (κ3) is 3.58. The quantitative estimate of drug-likeness (QED) is 0.620. The van der Waals surface area contributed by atoms with Crippen LogP contribution >= 0.6 is 27.3 Å². The summed E-state index contributed by atoms with van der Waals surface area (Å²) in [4.78, 5) is 24.1. The van der Waals surface area contributed by atoms with Crippen molar-refractivity contribution >= 4 is 39.1 Å². The number of fused-ring (bicyclic) bond motifs is 1. The zero-order valence-electron chi connectivity index (χ0n) is 15.4. The first-order valence-corrected chi connectivity index (χ1v) is 10.7. The Morgan fingerprint density at radius 2 is 2.34 bits per heavy atom. The molecule has 2 aromatic rings. The zero-order chi connectivity index (χ0) is 20.5. The van der Waals surface area contributed by atoms with Crippen LogP contribution in [0.4, 0.5) is 4.39 Å². The number of carbonyl (C=O) groups excluding carboxylic acids is 1. The minimum absolute atomic E-state index is 0.220. The lowest BCUT2D eigenvalue weighted by atomic mass is 9.94. The van der Waals surface area contributed by atoms with E-state index in [2.05, 4.69) is 27.0 Å². The van der Waals surface area contributed by atoms with E-state index in [-0.39, 0.29) is 12.5 Å². The van der Waals surface area contributed by atoms with Crippen LogP contribution in [0.1, 0.15) is 30.0 Å². The molecule has 1 unspecified atom stereocenters. The first-order chi connectivity index (χ1) is 14.0. The van der Waals surface area contributed by atoms with Crippen LogP contribution in [0.3, 0.4) is 0 Å². The fraction of sp³-hybridized carbons (Fsp3) is 0.300. The van der Waals surface area contributed by atoms with Crippen molar-refractivity contribution in [3.05, 3.63) is 61.9 Å². The van der Waals surface area contributed by atoms with Gasteiger partial charge in [-0.1, -0.05) is 22.0 Å². The van der Waals surface area contributed by atoms with Gasteiger partial charge in [-0.15, -0.1) is 11.3 Å². The summed E-state index contributed by atoms with van der Waals surface area (Å²) in [6.45, 7) is 2.39. The molecule has 0 bridgehead atoms. The van der Waals surface area contributed by atoms with Gasteiger partial charge in [-0.25, -0.2) is 14.2 Å². The first kappa shape index (κ1) is 19.7. The number of aromatic nitrogens is 1. The maximum atomic E-state index is 13.7. The predicted molar refractivity (Wildman–Crippen MR) is 110 cm³/mol. The Kier molecular flexibility index (Phi) is 5.48. The number of benzene rings is 1. The van der Waals surface area contributed by atoms with Crippen molar-refractivity contribution < 1.29 is 13.9 Å². The summed E-state index contributed by atoms with van der Waals surface area (Å²) in [5.41, 5.74) is 1.75. The maximum Gasteiger partial charge on any atom is 0.338 e. The van der Waals surface area contributed by atoms with E-state index in [0.29, 0.717) is 39.4 Å². The Bertz CT molecular complexity index is 1060. The highest BCUT2D eigenvalue weighted by Gasteiger charge is 2.42. The molecule has 0 N–H and O–H groups in total. The van der Waals surface area contributed by atoms with Gasteiger partial charge in [0.1, 0.15) is 11.9 Å². The number of nitriles is 1. The van der Waals surface area contributed by atoms with Crippen LogP contribution in [0.2, 0.25) is 0 Å². The molecular weight excluding hydrogens is 459 g/mol. The second-order valence-corrected chi connectivity index (χ2v) is 8.33. The van der Waals surface area contributed by atoms with Crippen molar-refractivity contribution in [2.75, 3.05) is 13.2 Å². The van der Waals surface area contributed by atoms with Gasteiger partial charge in [0, 0.05) is 34.7 Å². The number of hydrogen-bond donors (Lipinski definition) is 0. The third-order valence-corrected chi connectivity index (χ3v) is 6.27. The molecule has 1 aromatic carbocycles. The van der Waals surface area contributed by atoms with E-state index >= 15 is 0 Å². The van der Waals surface area contributed by atoms with E-state index in [1.807, 2.05) is 10.3 Å². The van der Waals surface area contributed by atoms with Crippen LogP contribution in [-0.2, 0) is 9.53 Å². The van der Waals surface area contributed by atoms with Crippen molar-refractivity contribution in [3.63, 3.8) is 0 Å². The molecule has 2 aliphatic heterocycles. The number of thiazole rings is 1. The van der Waals surface area contributed by atoms with Crippen molar-refractivity contribution in [1.29, 1.82) is 5.26 Å². The maximum absolute atomic E-state index is 13.7. The van der Waals surface area contributed by atoms with Crippen molar-refractivity contribution in [2.45, 2.75) is 19.4 Å². The summed E-state index contributed by atoms with van der Waals surface area (Å²) < 4.78 is 19.5. The minimum Gasteiger partial charge on any atom is -0.463 e. The molecule has 1 fully saturated rings. The van der Waals surface area contributed by atoms with Gasteiger partial charge >= 0.3 is 5.97 Å². The van der Waals surface area contributed by atoms with Crippen LogP contribution in [0.15, 0.2) is 50.5 Å². The SMILES string of the molecule is CCOC(=O)C1=C2C[C@@H](C#N)CN2C(c2nccs2)=NC1c1ccc(F)cc1Br. The predicted octanol–water partition coefficient (Wildman–Crippen LogP) is 4.21. The molecular formula is C20H16BrFN4O2S. The lowest BCUT2D eigenvalue weighted by molar-refractivity contribution is -0.139. The molecule has 1 saturated heterocycles. The third-order valence-electron chi connectivity index (χ3n) is 4.82. The summed E-state index contributed by atoms with van der Waals surface area (Å²) >= 11 is 4.84. The summed E-state index contributed by atoms with van der Waals surface area (Å²) in [5, 5.41) is 12.0. The lowest BCUT2D eigenvalue weighted by Crippen LogP contribution is -2.35. The summed E-state index contributed by atoms with van der Waals surface area (Å²) in [7, 11) is 0. The molecule has 4 rings (SSSR count). The molecule has 29 heavy (non-hydrogen) atoms. The van der Waals surface area contributed by atoms with Crippen molar-refractivity contribution in [2.24, 2.45) is 10.9 Å². The van der Waals surface area contributed by atoms with Crippen LogP contribution in [0.5, 0.6) is 0 Å². The Hall–Kier alpha value is -2.57. The molecule has 0 aliphatic carbocycles. The van der Waals surface area contributed by atoms with Crippen LogP contribution < -0.4 is 0 Å². The van der Waals surface area contributed by atoms with Crippen LogP contribution in [-0.4, -0.2) is 34.8 Å². The molecule has 0 radical (unpaired) electrons. The highest BCUT2D eigenvalue weighted by atomic mass is 79.9. The van der Waals surface area contributed by atoms with E-state index < -0.39 is 17.8 Å². The number of nitrogens with zero attached hydrogens (tertiary/aromatic N) is 4. The second kappa shape index (κ2) is 8.05. The normalized spacial score (nSPS) is 20.9. The summed E-state index contributed by atoms with van der Waals surface area (Å²) in [6, 6.07) is 5.90.